The molecule has 0 aromatic carbocycles. The molecule has 1 fully saturated rings. The molecule has 0 aliphatic carbocycles. The molecule has 9 heteroatoms. The Labute approximate surface area is 356 Å². The van der Waals surface area contributed by atoms with E-state index in [0.717, 1.165) is 44.9 Å². The quantitative estimate of drug-likeness (QED) is 0.0264. The second kappa shape index (κ2) is 39.8. The van der Waals surface area contributed by atoms with Gasteiger partial charge in [0.1, 0.15) is 24.4 Å². The lowest BCUT2D eigenvalue weighted by atomic mass is 9.99. The third-order valence-electron chi connectivity index (χ3n) is 11.8. The number of hydrogen-bond acceptors (Lipinski definition) is 8. The summed E-state index contributed by atoms with van der Waals surface area (Å²) in [7, 11) is 0. The summed E-state index contributed by atoms with van der Waals surface area (Å²) in [5.74, 6) is -0.155. The fraction of sp³-hybridized carbons (Fsp3) is 0.898. The first kappa shape index (κ1) is 54.7. The number of unbranched alkanes of at least 4 members (excludes halogenated alkanes) is 27. The maximum atomic E-state index is 13.0. The average molecular weight is 824 g/mol. The zero-order valence-corrected chi connectivity index (χ0v) is 37.6. The highest BCUT2D eigenvalue weighted by molar-refractivity contribution is 5.76. The number of nitrogens with one attached hydrogen (secondary N) is 1. The van der Waals surface area contributed by atoms with Gasteiger partial charge in [-0.25, -0.2) is 0 Å². The molecule has 2 unspecified atom stereocenters. The average Bonchev–Trinajstić information content (AvgIpc) is 3.22. The van der Waals surface area contributed by atoms with Crippen LogP contribution in [0.5, 0.6) is 0 Å². The van der Waals surface area contributed by atoms with Gasteiger partial charge in [-0.15, -0.1) is 0 Å². The van der Waals surface area contributed by atoms with Crippen molar-refractivity contribution in [1.29, 1.82) is 0 Å². The van der Waals surface area contributed by atoms with Gasteiger partial charge in [0.15, 0.2) is 6.29 Å². The Morgan fingerprint density at radius 3 is 1.40 bits per heavy atom. The molecule has 0 aromatic rings. The summed E-state index contributed by atoms with van der Waals surface area (Å²) in [6.07, 6.45) is 40.4. The Morgan fingerprint density at radius 2 is 0.966 bits per heavy atom. The summed E-state index contributed by atoms with van der Waals surface area (Å²) < 4.78 is 11.3. The number of aliphatic hydroxyl groups is 5. The Morgan fingerprint density at radius 1 is 0.569 bits per heavy atom. The molecular weight excluding hydrogens is 731 g/mol. The Bertz CT molecular complexity index is 961. The van der Waals surface area contributed by atoms with E-state index in [1.807, 2.05) is 0 Å². The lowest BCUT2D eigenvalue weighted by Gasteiger charge is -2.40. The van der Waals surface area contributed by atoms with Crippen LogP contribution in [0.4, 0.5) is 0 Å². The molecule has 1 aliphatic rings. The Kier molecular flexibility index (Phi) is 37.5. The van der Waals surface area contributed by atoms with Gasteiger partial charge in [-0.2, -0.15) is 0 Å². The minimum atomic E-state index is -1.56. The summed E-state index contributed by atoms with van der Waals surface area (Å²) in [4.78, 5) is 13.0. The van der Waals surface area contributed by atoms with Gasteiger partial charge in [0, 0.05) is 6.42 Å². The molecule has 1 amide bonds. The molecule has 7 atom stereocenters. The number of amides is 1. The van der Waals surface area contributed by atoms with E-state index < -0.39 is 49.5 Å². The SMILES string of the molecule is CCCCCCCC/C=C/CCCCCCCCCCCC(=O)N[C@@H](CO[C@H]1O[C@@H](CO)[C@H](O)C(O)C1O)[C@H](O)CCCC/C=C/CCCCCCCCCCCC. The molecule has 1 rings (SSSR count). The van der Waals surface area contributed by atoms with Gasteiger partial charge in [0.2, 0.25) is 5.91 Å². The summed E-state index contributed by atoms with van der Waals surface area (Å²) in [5, 5.41) is 54.4. The number of rotatable bonds is 41. The van der Waals surface area contributed by atoms with E-state index in [9.17, 15) is 30.3 Å². The van der Waals surface area contributed by atoms with E-state index in [0.29, 0.717) is 12.8 Å². The molecule has 342 valence electrons. The second-order valence-corrected chi connectivity index (χ2v) is 17.2. The fourth-order valence-electron chi connectivity index (χ4n) is 7.80. The summed E-state index contributed by atoms with van der Waals surface area (Å²) >= 11 is 0. The van der Waals surface area contributed by atoms with Gasteiger partial charge in [-0.05, 0) is 64.2 Å². The van der Waals surface area contributed by atoms with Crippen LogP contribution in [0.15, 0.2) is 24.3 Å². The van der Waals surface area contributed by atoms with Crippen molar-refractivity contribution in [2.75, 3.05) is 13.2 Å². The van der Waals surface area contributed by atoms with E-state index in [1.165, 1.54) is 154 Å². The van der Waals surface area contributed by atoms with Crippen molar-refractivity contribution >= 4 is 5.91 Å². The van der Waals surface area contributed by atoms with Crippen LogP contribution in [-0.2, 0) is 14.3 Å². The van der Waals surface area contributed by atoms with E-state index >= 15 is 0 Å². The smallest absolute Gasteiger partial charge is 0.220 e. The molecular formula is C49H93NO8. The predicted molar refractivity (Wildman–Crippen MR) is 240 cm³/mol. The van der Waals surface area contributed by atoms with E-state index in [-0.39, 0.29) is 12.5 Å². The van der Waals surface area contributed by atoms with Gasteiger partial charge < -0.3 is 40.3 Å². The van der Waals surface area contributed by atoms with Crippen LogP contribution >= 0.6 is 0 Å². The van der Waals surface area contributed by atoms with Crippen LogP contribution < -0.4 is 5.32 Å². The van der Waals surface area contributed by atoms with E-state index in [2.05, 4.69) is 43.5 Å². The molecule has 0 saturated carbocycles. The van der Waals surface area contributed by atoms with Crippen molar-refractivity contribution in [2.24, 2.45) is 0 Å². The van der Waals surface area contributed by atoms with Crippen LogP contribution in [0.25, 0.3) is 0 Å². The standard InChI is InChI=1S/C49H93NO8/c1-3-5-7-9-11-13-15-17-19-21-22-23-25-27-29-31-33-35-37-39-45(53)50-42(41-57-49-48(56)47(55)46(54)44(40-51)58-49)43(52)38-36-34-32-30-28-26-24-20-18-16-14-12-10-8-6-4-2/h17,19,28,30,42-44,46-49,51-52,54-56H,3-16,18,20-27,29,31-41H2,1-2H3,(H,50,53)/b19-17+,30-28+/t42-,43+,44-,46-,47?,48?,49-/m0/s1. The molecule has 1 heterocycles. The van der Waals surface area contributed by atoms with Gasteiger partial charge in [0.25, 0.3) is 0 Å². The third-order valence-corrected chi connectivity index (χ3v) is 11.8. The first-order valence-corrected chi connectivity index (χ1v) is 24.5. The Balaban J connectivity index is 2.31. The van der Waals surface area contributed by atoms with Crippen molar-refractivity contribution in [1.82, 2.24) is 5.32 Å². The monoisotopic (exact) mass is 824 g/mol. The lowest BCUT2D eigenvalue weighted by Crippen LogP contribution is -2.60. The fourth-order valence-corrected chi connectivity index (χ4v) is 7.80. The predicted octanol–water partition coefficient (Wildman–Crippen LogP) is 10.7. The molecule has 0 aromatic heterocycles. The van der Waals surface area contributed by atoms with Crippen molar-refractivity contribution in [2.45, 2.75) is 269 Å². The van der Waals surface area contributed by atoms with Gasteiger partial charge in [-0.3, -0.25) is 4.79 Å². The van der Waals surface area contributed by atoms with Gasteiger partial charge in [0.05, 0.1) is 25.4 Å². The van der Waals surface area contributed by atoms with E-state index in [4.69, 9.17) is 9.47 Å². The molecule has 0 radical (unpaired) electrons. The highest BCUT2D eigenvalue weighted by Gasteiger charge is 2.44. The number of allylic oxidation sites excluding steroid dienone is 4. The summed E-state index contributed by atoms with van der Waals surface area (Å²) in [6, 6.07) is -0.734. The maximum Gasteiger partial charge on any atom is 0.220 e. The number of carbonyl (C=O) groups is 1. The minimum Gasteiger partial charge on any atom is -0.394 e. The summed E-state index contributed by atoms with van der Waals surface area (Å²) in [5.41, 5.74) is 0. The lowest BCUT2D eigenvalue weighted by molar-refractivity contribution is -0.302. The number of carbonyl (C=O) groups excluding carboxylic acids is 1. The van der Waals surface area contributed by atoms with Crippen molar-refractivity contribution in [3.8, 4) is 0 Å². The third kappa shape index (κ3) is 29.8. The molecule has 6 N–H and O–H groups in total. The molecule has 0 bridgehead atoms. The highest BCUT2D eigenvalue weighted by atomic mass is 16.7. The van der Waals surface area contributed by atoms with Crippen molar-refractivity contribution in [3.63, 3.8) is 0 Å². The highest BCUT2D eigenvalue weighted by Crippen LogP contribution is 2.23. The minimum absolute atomic E-state index is 0.149. The largest absolute Gasteiger partial charge is 0.394 e. The molecule has 9 nitrogen and oxygen atoms in total. The van der Waals surface area contributed by atoms with Crippen LogP contribution in [0, 0.1) is 0 Å². The van der Waals surface area contributed by atoms with E-state index in [1.54, 1.807) is 0 Å². The summed E-state index contributed by atoms with van der Waals surface area (Å²) in [6.45, 7) is 3.82. The first-order chi connectivity index (χ1) is 28.3. The molecule has 58 heavy (non-hydrogen) atoms. The van der Waals surface area contributed by atoms with Crippen LogP contribution in [0.3, 0.4) is 0 Å². The molecule has 0 spiro atoms. The number of aliphatic hydroxyl groups excluding tert-OH is 5. The second-order valence-electron chi connectivity index (χ2n) is 17.2. The zero-order chi connectivity index (χ0) is 42.3. The van der Waals surface area contributed by atoms with Crippen LogP contribution in [0.2, 0.25) is 0 Å². The van der Waals surface area contributed by atoms with Crippen LogP contribution in [-0.4, -0.2) is 87.5 Å². The van der Waals surface area contributed by atoms with Crippen molar-refractivity contribution in [3.05, 3.63) is 24.3 Å². The maximum absolute atomic E-state index is 13.0. The number of hydrogen-bond donors (Lipinski definition) is 6. The molecule has 1 saturated heterocycles. The topological polar surface area (TPSA) is 149 Å². The zero-order valence-electron chi connectivity index (χ0n) is 37.6. The molecule has 1 aliphatic heterocycles. The van der Waals surface area contributed by atoms with Crippen molar-refractivity contribution < 1.29 is 39.8 Å². The van der Waals surface area contributed by atoms with Gasteiger partial charge >= 0.3 is 0 Å². The first-order valence-electron chi connectivity index (χ1n) is 24.5. The van der Waals surface area contributed by atoms with Crippen LogP contribution in [0.1, 0.15) is 226 Å². The van der Waals surface area contributed by atoms with Gasteiger partial charge in [-0.1, -0.05) is 179 Å². The Hall–Kier alpha value is -1.33. The normalized spacial score (nSPS) is 21.0. The number of ether oxygens (including phenoxy) is 2.